The zero-order valence-electron chi connectivity index (χ0n) is 6.98. The van der Waals surface area contributed by atoms with E-state index in [1.807, 2.05) is 0 Å². The van der Waals surface area contributed by atoms with Gasteiger partial charge in [-0.05, 0) is 11.4 Å². The van der Waals surface area contributed by atoms with Crippen molar-refractivity contribution in [2.24, 2.45) is 0 Å². The lowest BCUT2D eigenvalue weighted by atomic mass is 10.2. The minimum absolute atomic E-state index is 0.301. The number of nitrogens with two attached hydrogens (primary N) is 1. The Balaban J connectivity index is 2.88. The predicted molar refractivity (Wildman–Crippen MR) is 52.8 cm³/mol. The number of carbonyl (C=O) groups is 1. The monoisotopic (exact) mass is 219 g/mol. The number of rotatable bonds is 3. The first-order chi connectivity index (χ1) is 5.90. The Labute approximate surface area is 80.3 Å². The van der Waals surface area contributed by atoms with Crippen LogP contribution in [0.5, 0.6) is 0 Å². The Bertz CT molecular complexity index is 419. The fraction of sp³-hybridized carbons (Fsp3) is 0.286. The molecule has 1 aromatic heterocycles. The fourth-order valence-corrected chi connectivity index (χ4v) is 2.16. The molecule has 2 N–H and O–H groups in total. The minimum atomic E-state index is -3.27. The van der Waals surface area contributed by atoms with Gasteiger partial charge in [0.2, 0.25) is 0 Å². The summed E-state index contributed by atoms with van der Waals surface area (Å²) in [6, 6.07) is 1.54. The number of Topliss-reactive ketones (excluding diaryl/α,β-unsaturated/α-hetero) is 1. The Kier molecular flexibility index (Phi) is 2.72. The van der Waals surface area contributed by atoms with Crippen LogP contribution in [0.2, 0.25) is 0 Å². The lowest BCUT2D eigenvalue weighted by molar-refractivity contribution is 0.102. The molecule has 0 atom stereocenters. The summed E-state index contributed by atoms with van der Waals surface area (Å²) in [5.74, 6) is -0.922. The van der Waals surface area contributed by atoms with Gasteiger partial charge in [0.25, 0.3) is 0 Å². The third-order valence-electron chi connectivity index (χ3n) is 1.39. The second-order valence-electron chi connectivity index (χ2n) is 2.69. The molecule has 0 amide bonds. The number of nitrogen functional groups attached to an aromatic ring is 1. The maximum Gasteiger partial charge on any atom is 0.180 e. The van der Waals surface area contributed by atoms with Crippen molar-refractivity contribution in [3.8, 4) is 0 Å². The zero-order chi connectivity index (χ0) is 10.1. The first-order valence-corrected chi connectivity index (χ1v) is 6.38. The van der Waals surface area contributed by atoms with Crippen molar-refractivity contribution in [3.05, 3.63) is 17.0 Å². The van der Waals surface area contributed by atoms with Gasteiger partial charge in [-0.25, -0.2) is 8.42 Å². The smallest absolute Gasteiger partial charge is 0.180 e. The van der Waals surface area contributed by atoms with Gasteiger partial charge < -0.3 is 5.73 Å². The molecule has 0 bridgehead atoms. The molecule has 0 aliphatic heterocycles. The molecule has 1 rings (SSSR count). The van der Waals surface area contributed by atoms with E-state index in [1.165, 1.54) is 17.4 Å². The molecule has 0 saturated heterocycles. The number of sulfone groups is 1. The number of anilines is 1. The van der Waals surface area contributed by atoms with Crippen LogP contribution in [0.3, 0.4) is 0 Å². The number of ketones is 1. The van der Waals surface area contributed by atoms with Gasteiger partial charge >= 0.3 is 0 Å². The largest absolute Gasteiger partial charge is 0.390 e. The molecular formula is C7H9NO3S2. The summed E-state index contributed by atoms with van der Waals surface area (Å²) in [4.78, 5) is 11.3. The molecule has 4 nitrogen and oxygen atoms in total. The predicted octanol–water partition coefficient (Wildman–Crippen LogP) is 0.558. The Morgan fingerprint density at radius 2 is 2.23 bits per heavy atom. The van der Waals surface area contributed by atoms with Crippen LogP contribution < -0.4 is 5.73 Å². The molecule has 0 saturated carbocycles. The van der Waals surface area contributed by atoms with Gasteiger partial charge in [0.15, 0.2) is 15.6 Å². The summed E-state index contributed by atoms with van der Waals surface area (Å²) in [5, 5.41) is 2.03. The highest BCUT2D eigenvalue weighted by molar-refractivity contribution is 7.91. The molecule has 0 aliphatic carbocycles. The van der Waals surface area contributed by atoms with Crippen LogP contribution in [-0.2, 0) is 9.84 Å². The Morgan fingerprint density at radius 1 is 1.62 bits per heavy atom. The number of hydrogen-bond acceptors (Lipinski definition) is 5. The van der Waals surface area contributed by atoms with E-state index < -0.39 is 21.4 Å². The molecule has 0 unspecified atom stereocenters. The standard InChI is InChI=1S/C7H9NO3S2/c1-13(10,11)4-6(9)5-2-3-12-7(5)8/h2-3H,4,8H2,1H3. The molecule has 0 aliphatic rings. The van der Waals surface area contributed by atoms with Crippen molar-refractivity contribution in [2.45, 2.75) is 0 Å². The molecule has 0 spiro atoms. The van der Waals surface area contributed by atoms with E-state index in [2.05, 4.69) is 0 Å². The van der Waals surface area contributed by atoms with Gasteiger partial charge in [-0.1, -0.05) is 0 Å². The highest BCUT2D eigenvalue weighted by Gasteiger charge is 2.15. The summed E-state index contributed by atoms with van der Waals surface area (Å²) in [5.41, 5.74) is 5.76. The lowest BCUT2D eigenvalue weighted by Gasteiger charge is -1.96. The molecule has 0 fully saturated rings. The lowest BCUT2D eigenvalue weighted by Crippen LogP contribution is -2.14. The van der Waals surface area contributed by atoms with Crippen molar-refractivity contribution in [1.82, 2.24) is 0 Å². The molecule has 0 radical (unpaired) electrons. The molecule has 0 aromatic carbocycles. The first-order valence-electron chi connectivity index (χ1n) is 3.44. The number of hydrogen-bond donors (Lipinski definition) is 1. The normalized spacial score (nSPS) is 11.5. The van der Waals surface area contributed by atoms with Crippen molar-refractivity contribution < 1.29 is 13.2 Å². The number of thiophene rings is 1. The van der Waals surface area contributed by atoms with Gasteiger partial charge in [0.05, 0.1) is 10.6 Å². The summed E-state index contributed by atoms with van der Waals surface area (Å²) in [6.45, 7) is 0. The van der Waals surface area contributed by atoms with Gasteiger partial charge in [0.1, 0.15) is 5.75 Å². The van der Waals surface area contributed by atoms with E-state index in [-0.39, 0.29) is 0 Å². The average Bonchev–Trinajstić information content (AvgIpc) is 2.30. The number of carbonyl (C=O) groups excluding carboxylic acids is 1. The summed E-state index contributed by atoms with van der Waals surface area (Å²) >= 11 is 1.22. The molecule has 13 heavy (non-hydrogen) atoms. The quantitative estimate of drug-likeness (QED) is 0.753. The highest BCUT2D eigenvalue weighted by Crippen LogP contribution is 2.19. The van der Waals surface area contributed by atoms with Gasteiger partial charge in [0, 0.05) is 6.26 Å². The highest BCUT2D eigenvalue weighted by atomic mass is 32.2. The molecule has 1 aromatic rings. The van der Waals surface area contributed by atoms with Crippen LogP contribution in [0, 0.1) is 0 Å². The van der Waals surface area contributed by atoms with Crippen LogP contribution in [0.15, 0.2) is 11.4 Å². The summed E-state index contributed by atoms with van der Waals surface area (Å²) in [6.07, 6.45) is 1.02. The minimum Gasteiger partial charge on any atom is -0.390 e. The summed E-state index contributed by atoms with van der Waals surface area (Å²) < 4.78 is 21.6. The third kappa shape index (κ3) is 2.82. The maximum atomic E-state index is 11.3. The topological polar surface area (TPSA) is 77.2 Å². The molecule has 1 heterocycles. The maximum absolute atomic E-state index is 11.3. The van der Waals surface area contributed by atoms with Gasteiger partial charge in [-0.15, -0.1) is 11.3 Å². The van der Waals surface area contributed by atoms with E-state index in [1.54, 1.807) is 5.38 Å². The second-order valence-corrected chi connectivity index (χ2v) is 5.78. The van der Waals surface area contributed by atoms with E-state index in [0.29, 0.717) is 10.6 Å². The first kappa shape index (κ1) is 10.2. The van der Waals surface area contributed by atoms with Gasteiger partial charge in [-0.3, -0.25) is 4.79 Å². The van der Waals surface area contributed by atoms with Crippen molar-refractivity contribution in [2.75, 3.05) is 17.7 Å². The Hall–Kier alpha value is -0.880. The fourth-order valence-electron chi connectivity index (χ4n) is 0.867. The molecule has 6 heteroatoms. The molecule has 72 valence electrons. The van der Waals surface area contributed by atoms with Crippen LogP contribution in [0.1, 0.15) is 10.4 Å². The van der Waals surface area contributed by atoms with Crippen LogP contribution in [0.4, 0.5) is 5.00 Å². The third-order valence-corrected chi connectivity index (χ3v) is 2.92. The van der Waals surface area contributed by atoms with Gasteiger partial charge in [-0.2, -0.15) is 0 Å². The van der Waals surface area contributed by atoms with Crippen molar-refractivity contribution in [1.29, 1.82) is 0 Å². The van der Waals surface area contributed by atoms with E-state index in [4.69, 9.17) is 5.73 Å². The van der Waals surface area contributed by atoms with Crippen LogP contribution in [-0.4, -0.2) is 26.2 Å². The zero-order valence-corrected chi connectivity index (χ0v) is 8.61. The van der Waals surface area contributed by atoms with Crippen LogP contribution >= 0.6 is 11.3 Å². The van der Waals surface area contributed by atoms with Crippen LogP contribution in [0.25, 0.3) is 0 Å². The summed E-state index contributed by atoms with van der Waals surface area (Å²) in [7, 11) is -3.27. The molecular weight excluding hydrogens is 210 g/mol. The van der Waals surface area contributed by atoms with E-state index in [9.17, 15) is 13.2 Å². The van der Waals surface area contributed by atoms with E-state index in [0.717, 1.165) is 6.26 Å². The second kappa shape index (κ2) is 3.47. The van der Waals surface area contributed by atoms with Crippen molar-refractivity contribution in [3.63, 3.8) is 0 Å². The van der Waals surface area contributed by atoms with E-state index >= 15 is 0 Å². The SMILES string of the molecule is CS(=O)(=O)CC(=O)c1ccsc1N. The Morgan fingerprint density at radius 3 is 2.62 bits per heavy atom. The van der Waals surface area contributed by atoms with Crippen molar-refractivity contribution >= 4 is 32.0 Å². The average molecular weight is 219 g/mol.